The summed E-state index contributed by atoms with van der Waals surface area (Å²) in [5.74, 6) is -1.14. The molecule has 6 rings (SSSR count). The molecule has 3 N–H and O–H groups in total. The molecule has 0 unspecified atom stereocenters. The van der Waals surface area contributed by atoms with Crippen LogP contribution in [0.3, 0.4) is 0 Å². The number of alkyl carbamates (subject to hydrolysis) is 1. The second-order valence-electron chi connectivity index (χ2n) is 14.6. The zero-order chi connectivity index (χ0) is 39.8. The van der Waals surface area contributed by atoms with E-state index in [1.807, 2.05) is 74.5 Å². The maximum absolute atomic E-state index is 14.5. The predicted molar refractivity (Wildman–Crippen MR) is 207 cm³/mol. The van der Waals surface area contributed by atoms with Gasteiger partial charge in [0.2, 0.25) is 10.0 Å². The van der Waals surface area contributed by atoms with Crippen LogP contribution in [0.4, 0.5) is 10.5 Å². The van der Waals surface area contributed by atoms with E-state index in [0.29, 0.717) is 30.8 Å². The van der Waals surface area contributed by atoms with E-state index in [9.17, 15) is 27.9 Å². The Labute approximate surface area is 327 Å². The van der Waals surface area contributed by atoms with E-state index in [1.54, 1.807) is 18.0 Å². The number of hydrogen-bond acceptors (Lipinski definition) is 11. The number of ether oxygens (including phenoxy) is 4. The molecule has 0 aromatic heterocycles. The van der Waals surface area contributed by atoms with E-state index in [2.05, 4.69) is 10.6 Å². The topological polar surface area (TPSA) is 173 Å². The van der Waals surface area contributed by atoms with Gasteiger partial charge in [-0.25, -0.2) is 13.2 Å². The van der Waals surface area contributed by atoms with Gasteiger partial charge in [0.15, 0.2) is 6.29 Å². The highest BCUT2D eigenvalue weighted by atomic mass is 32.2. The van der Waals surface area contributed by atoms with Crippen LogP contribution in [0.5, 0.6) is 0 Å². The van der Waals surface area contributed by atoms with E-state index >= 15 is 0 Å². The zero-order valence-electron chi connectivity index (χ0n) is 31.8. The van der Waals surface area contributed by atoms with Crippen molar-refractivity contribution < 1.29 is 46.9 Å². The molecule has 0 radical (unpaired) electrons. The van der Waals surface area contributed by atoms with Crippen LogP contribution >= 0.6 is 0 Å². The van der Waals surface area contributed by atoms with Gasteiger partial charge < -0.3 is 39.6 Å². The molecule has 3 aromatic carbocycles. The quantitative estimate of drug-likeness (QED) is 0.133. The Bertz CT molecular complexity index is 1980. The molecule has 300 valence electrons. The van der Waals surface area contributed by atoms with Crippen LogP contribution < -0.4 is 10.6 Å². The Morgan fingerprint density at radius 2 is 1.73 bits per heavy atom. The van der Waals surface area contributed by atoms with Gasteiger partial charge >= 0.3 is 12.1 Å². The fourth-order valence-electron chi connectivity index (χ4n) is 7.16. The number of hydrogen-bond donors (Lipinski definition) is 3. The molecule has 14 nitrogen and oxygen atoms in total. The Balaban J connectivity index is 1.25. The van der Waals surface area contributed by atoms with Crippen molar-refractivity contribution in [1.29, 1.82) is 0 Å². The lowest BCUT2D eigenvalue weighted by Gasteiger charge is -2.31. The highest BCUT2D eigenvalue weighted by Gasteiger charge is 2.44. The van der Waals surface area contributed by atoms with Gasteiger partial charge in [0.25, 0.3) is 5.91 Å². The standard InChI is InChI=1S/C41H50N4O10S/c1-4-52-38(47)25-44(22-29-13-9-6-10-14-29)23-33-32-20-30(15-16-34(32)42-39(33)48)56(50,51)45(21-27(2)3)24-36(46)35(19-28-11-7-5-8-12-28)43-41(49)55-37-26-54-40-31(37)17-18-53-40/h5-16,20,23,27,31,35-37,40,46H,4,17-19,21-22,24-26H2,1-3H3,(H,42,48)(H,43,49)/b33-23-/t31-,35-,36+,37-,40+/m0/s1. The van der Waals surface area contributed by atoms with E-state index in [0.717, 1.165) is 11.1 Å². The minimum atomic E-state index is -4.28. The molecule has 3 aromatic rings. The van der Waals surface area contributed by atoms with Crippen LogP contribution in [0.2, 0.25) is 0 Å². The summed E-state index contributed by atoms with van der Waals surface area (Å²) in [5.41, 5.74) is 2.66. The smallest absolute Gasteiger partial charge is 0.407 e. The largest absolute Gasteiger partial charge is 0.465 e. The van der Waals surface area contributed by atoms with Crippen LogP contribution in [0.15, 0.2) is 90.0 Å². The van der Waals surface area contributed by atoms with Crippen molar-refractivity contribution in [1.82, 2.24) is 14.5 Å². The lowest BCUT2D eigenvalue weighted by Crippen LogP contribution is -2.51. The first-order valence-corrected chi connectivity index (χ1v) is 20.4. The minimum Gasteiger partial charge on any atom is -0.465 e. The SMILES string of the molecule is CCOC(=O)CN(/C=C1\C(=O)Nc2ccc(S(=O)(=O)N(CC(C)C)C[C@@H](O)[C@H](Cc3ccccc3)NC(=O)O[C@H]3CO[C@H]4OCC[C@H]43)cc21)Cc1ccccc1. The second kappa shape index (κ2) is 18.4. The molecule has 0 aliphatic carbocycles. The van der Waals surface area contributed by atoms with Gasteiger partial charge in [-0.15, -0.1) is 0 Å². The van der Waals surface area contributed by atoms with Crippen LogP contribution in [-0.2, 0) is 51.5 Å². The van der Waals surface area contributed by atoms with Crippen molar-refractivity contribution in [2.24, 2.45) is 11.8 Å². The van der Waals surface area contributed by atoms with Crippen LogP contribution in [0.25, 0.3) is 5.57 Å². The number of carbonyl (C=O) groups is 3. The molecule has 2 saturated heterocycles. The lowest BCUT2D eigenvalue weighted by molar-refractivity contribution is -0.143. The lowest BCUT2D eigenvalue weighted by atomic mass is 10.0. The molecule has 56 heavy (non-hydrogen) atoms. The Hall–Kier alpha value is -4.80. The number of aliphatic hydroxyl groups is 1. The van der Waals surface area contributed by atoms with Crippen LogP contribution in [0.1, 0.15) is 43.9 Å². The van der Waals surface area contributed by atoms with Crippen molar-refractivity contribution in [3.63, 3.8) is 0 Å². The number of nitrogens with zero attached hydrogens (tertiary/aromatic N) is 2. The summed E-state index contributed by atoms with van der Waals surface area (Å²) >= 11 is 0. The molecule has 0 saturated carbocycles. The highest BCUT2D eigenvalue weighted by molar-refractivity contribution is 7.89. The number of nitrogens with one attached hydrogen (secondary N) is 2. The summed E-state index contributed by atoms with van der Waals surface area (Å²) in [4.78, 5) is 40.7. The molecule has 0 spiro atoms. The molecule has 3 heterocycles. The average molecular weight is 791 g/mol. The third kappa shape index (κ3) is 10.1. The third-order valence-electron chi connectivity index (χ3n) is 9.86. The van der Waals surface area contributed by atoms with Crippen molar-refractivity contribution >= 4 is 39.3 Å². The fourth-order valence-corrected chi connectivity index (χ4v) is 8.81. The number of aliphatic hydroxyl groups excluding tert-OH is 1. The predicted octanol–water partition coefficient (Wildman–Crippen LogP) is 4.15. The molecule has 2 amide bonds. The summed E-state index contributed by atoms with van der Waals surface area (Å²) in [6.07, 6.45) is -0.561. The number of anilines is 1. The van der Waals surface area contributed by atoms with Gasteiger partial charge in [-0.05, 0) is 55.0 Å². The molecular weight excluding hydrogens is 741 g/mol. The number of benzene rings is 3. The molecule has 5 atom stereocenters. The van der Waals surface area contributed by atoms with Crippen molar-refractivity contribution in [3.8, 4) is 0 Å². The van der Waals surface area contributed by atoms with E-state index in [4.69, 9.17) is 18.9 Å². The van der Waals surface area contributed by atoms with Gasteiger partial charge in [0.1, 0.15) is 12.6 Å². The van der Waals surface area contributed by atoms with Crippen LogP contribution in [-0.4, -0.2) is 105 Å². The Morgan fingerprint density at radius 3 is 2.43 bits per heavy atom. The molecule has 15 heteroatoms. The number of rotatable bonds is 17. The number of carbonyl (C=O) groups excluding carboxylic acids is 3. The Morgan fingerprint density at radius 1 is 1.02 bits per heavy atom. The monoisotopic (exact) mass is 790 g/mol. The van der Waals surface area contributed by atoms with Crippen LogP contribution in [0, 0.1) is 11.8 Å². The summed E-state index contributed by atoms with van der Waals surface area (Å²) in [6, 6.07) is 22.1. The normalized spacial score (nSPS) is 20.7. The summed E-state index contributed by atoms with van der Waals surface area (Å²) in [5, 5.41) is 17.4. The summed E-state index contributed by atoms with van der Waals surface area (Å²) in [7, 11) is -4.28. The Kier molecular flexibility index (Phi) is 13.4. The van der Waals surface area contributed by atoms with Gasteiger partial charge in [0, 0.05) is 37.1 Å². The third-order valence-corrected chi connectivity index (χ3v) is 11.7. The molecular formula is C41H50N4O10S. The van der Waals surface area contributed by atoms with E-state index in [1.165, 1.54) is 22.5 Å². The maximum Gasteiger partial charge on any atom is 0.407 e. The first kappa shape index (κ1) is 40.9. The number of amides is 2. The van der Waals surface area contributed by atoms with Crippen molar-refractivity contribution in [2.45, 2.75) is 69.6 Å². The van der Waals surface area contributed by atoms with E-state index in [-0.39, 0.29) is 61.6 Å². The zero-order valence-corrected chi connectivity index (χ0v) is 32.7. The van der Waals surface area contributed by atoms with Gasteiger partial charge in [-0.3, -0.25) is 9.59 Å². The number of fused-ring (bicyclic) bond motifs is 2. The first-order valence-electron chi connectivity index (χ1n) is 18.9. The summed E-state index contributed by atoms with van der Waals surface area (Å²) in [6.45, 7) is 6.23. The average Bonchev–Trinajstić information content (AvgIpc) is 3.87. The number of esters is 1. The second-order valence-corrected chi connectivity index (χ2v) is 16.5. The molecule has 3 aliphatic rings. The minimum absolute atomic E-state index is 0.0612. The fraction of sp³-hybridized carbons (Fsp3) is 0.439. The molecule has 3 aliphatic heterocycles. The maximum atomic E-state index is 14.5. The van der Waals surface area contributed by atoms with Crippen molar-refractivity contribution in [2.75, 3.05) is 44.8 Å². The van der Waals surface area contributed by atoms with Gasteiger partial charge in [-0.2, -0.15) is 4.31 Å². The van der Waals surface area contributed by atoms with Gasteiger partial charge in [-0.1, -0.05) is 74.5 Å². The van der Waals surface area contributed by atoms with Crippen molar-refractivity contribution in [3.05, 3.63) is 102 Å². The van der Waals surface area contributed by atoms with E-state index < -0.39 is 52.5 Å². The first-order chi connectivity index (χ1) is 26.9. The highest BCUT2D eigenvalue weighted by Crippen LogP contribution is 2.36. The summed E-state index contributed by atoms with van der Waals surface area (Å²) < 4.78 is 52.3. The number of sulfonamides is 1. The molecule has 2 fully saturated rings. The van der Waals surface area contributed by atoms with Gasteiger partial charge in [0.05, 0.1) is 48.4 Å². The molecule has 0 bridgehead atoms.